The zero-order valence-electron chi connectivity index (χ0n) is 10.1. The van der Waals surface area contributed by atoms with E-state index in [9.17, 15) is 9.59 Å². The van der Waals surface area contributed by atoms with Gasteiger partial charge in [0.05, 0.1) is 12.0 Å². The number of hydrogen-bond donors (Lipinski definition) is 1. The number of allylic oxidation sites excluding steroid dienone is 2. The largest absolute Gasteiger partial charge is 0.461 e. The minimum atomic E-state index is -0.324. The Morgan fingerprint density at radius 1 is 1.16 bits per heavy atom. The first kappa shape index (κ1) is 11.5. The Morgan fingerprint density at radius 3 is 2.79 bits per heavy atom. The lowest BCUT2D eigenvalue weighted by Gasteiger charge is -2.09. The molecule has 0 amide bonds. The molecule has 1 aromatic heterocycles. The summed E-state index contributed by atoms with van der Waals surface area (Å²) in [6.07, 6.45) is 3.06. The van der Waals surface area contributed by atoms with E-state index in [1.807, 2.05) is 24.3 Å². The van der Waals surface area contributed by atoms with Crippen molar-refractivity contribution >= 4 is 17.3 Å². The lowest BCUT2D eigenvalue weighted by Crippen LogP contribution is -2.11. The van der Waals surface area contributed by atoms with Crippen LogP contribution in [0.5, 0.6) is 0 Å². The van der Waals surface area contributed by atoms with Gasteiger partial charge in [0.1, 0.15) is 0 Å². The fourth-order valence-corrected chi connectivity index (χ4v) is 2.04. The molecule has 94 valence electrons. The van der Waals surface area contributed by atoms with Crippen molar-refractivity contribution in [1.29, 1.82) is 0 Å². The van der Waals surface area contributed by atoms with Crippen LogP contribution in [-0.2, 0) is 11.2 Å². The summed E-state index contributed by atoms with van der Waals surface area (Å²) in [5, 5.41) is 3.01. The van der Waals surface area contributed by atoms with Gasteiger partial charge in [0.15, 0.2) is 11.5 Å². The molecular weight excluding hydrogens is 242 g/mol. The Kier molecular flexibility index (Phi) is 2.76. The summed E-state index contributed by atoms with van der Waals surface area (Å²) < 4.78 is 5.07. The van der Waals surface area contributed by atoms with Crippen LogP contribution in [-0.4, -0.2) is 11.6 Å². The number of anilines is 1. The molecule has 1 N–H and O–H groups in total. The molecular formula is C15H11NO3. The van der Waals surface area contributed by atoms with Crippen LogP contribution >= 0.6 is 0 Å². The van der Waals surface area contributed by atoms with Gasteiger partial charge in [0.2, 0.25) is 5.78 Å². The average molecular weight is 253 g/mol. The van der Waals surface area contributed by atoms with Gasteiger partial charge in [-0.25, -0.2) is 0 Å². The third-order valence-corrected chi connectivity index (χ3v) is 2.95. The van der Waals surface area contributed by atoms with Crippen LogP contribution in [0.4, 0.5) is 5.69 Å². The van der Waals surface area contributed by atoms with E-state index in [1.54, 1.807) is 12.1 Å². The molecule has 0 atom stereocenters. The maximum atomic E-state index is 12.2. The molecule has 19 heavy (non-hydrogen) atoms. The van der Waals surface area contributed by atoms with Crippen molar-refractivity contribution in [1.82, 2.24) is 0 Å². The highest BCUT2D eigenvalue weighted by Crippen LogP contribution is 2.23. The lowest BCUT2D eigenvalue weighted by molar-refractivity contribution is -0.114. The van der Waals surface area contributed by atoms with Gasteiger partial charge in [-0.3, -0.25) is 9.59 Å². The molecule has 4 heteroatoms. The predicted molar refractivity (Wildman–Crippen MR) is 69.9 cm³/mol. The summed E-state index contributed by atoms with van der Waals surface area (Å²) in [6, 6.07) is 10.7. The quantitative estimate of drug-likeness (QED) is 0.836. The maximum Gasteiger partial charge on any atom is 0.244 e. The topological polar surface area (TPSA) is 59.3 Å². The SMILES string of the molecule is O=C1C=C(C(=O)c2ccco2)Nc2ccccc2C1. The van der Waals surface area contributed by atoms with E-state index in [-0.39, 0.29) is 29.4 Å². The predicted octanol–water partition coefficient (Wildman–Crippen LogP) is 2.58. The molecule has 2 heterocycles. The van der Waals surface area contributed by atoms with Crippen molar-refractivity contribution in [2.75, 3.05) is 5.32 Å². The Morgan fingerprint density at radius 2 is 2.00 bits per heavy atom. The summed E-state index contributed by atoms with van der Waals surface area (Å²) in [5.41, 5.74) is 1.90. The molecule has 0 fully saturated rings. The van der Waals surface area contributed by atoms with Crippen LogP contribution in [0.2, 0.25) is 0 Å². The zero-order chi connectivity index (χ0) is 13.2. The molecule has 1 aromatic carbocycles. The van der Waals surface area contributed by atoms with E-state index < -0.39 is 0 Å². The van der Waals surface area contributed by atoms with Crippen molar-refractivity contribution in [2.24, 2.45) is 0 Å². The van der Waals surface area contributed by atoms with Crippen LogP contribution in [0.15, 0.2) is 58.9 Å². The summed E-state index contributed by atoms with van der Waals surface area (Å²) in [5.74, 6) is -0.214. The van der Waals surface area contributed by atoms with Gasteiger partial charge in [-0.1, -0.05) is 18.2 Å². The number of benzene rings is 1. The number of fused-ring (bicyclic) bond motifs is 1. The minimum absolute atomic E-state index is 0.104. The van der Waals surface area contributed by atoms with Crippen LogP contribution in [0.25, 0.3) is 0 Å². The Balaban J connectivity index is 1.99. The van der Waals surface area contributed by atoms with Gasteiger partial charge in [0.25, 0.3) is 0 Å². The Hall–Kier alpha value is -2.62. The molecule has 0 unspecified atom stereocenters. The number of para-hydroxylation sites is 1. The molecule has 3 rings (SSSR count). The number of Topliss-reactive ketones (excluding diaryl/α,β-unsaturated/α-hetero) is 1. The Labute approximate surface area is 109 Å². The van der Waals surface area contributed by atoms with Crippen LogP contribution in [0, 0.1) is 0 Å². The van der Waals surface area contributed by atoms with Crippen molar-refractivity contribution in [2.45, 2.75) is 6.42 Å². The van der Waals surface area contributed by atoms with E-state index >= 15 is 0 Å². The van der Waals surface area contributed by atoms with E-state index in [2.05, 4.69) is 5.32 Å². The molecule has 0 aliphatic carbocycles. The zero-order valence-corrected chi connectivity index (χ0v) is 10.1. The summed E-state index contributed by atoms with van der Waals surface area (Å²) in [4.78, 5) is 24.0. The Bertz CT molecular complexity index is 668. The third-order valence-electron chi connectivity index (χ3n) is 2.95. The molecule has 1 aliphatic rings. The van der Waals surface area contributed by atoms with Crippen LogP contribution in [0.3, 0.4) is 0 Å². The van der Waals surface area contributed by atoms with Gasteiger partial charge in [-0.2, -0.15) is 0 Å². The minimum Gasteiger partial charge on any atom is -0.461 e. The van der Waals surface area contributed by atoms with E-state index in [0.29, 0.717) is 0 Å². The van der Waals surface area contributed by atoms with Crippen LogP contribution < -0.4 is 5.32 Å². The van der Waals surface area contributed by atoms with Gasteiger partial charge in [-0.15, -0.1) is 0 Å². The molecule has 0 saturated heterocycles. The maximum absolute atomic E-state index is 12.2. The van der Waals surface area contributed by atoms with Crippen molar-refractivity contribution in [3.63, 3.8) is 0 Å². The van der Waals surface area contributed by atoms with Gasteiger partial charge >= 0.3 is 0 Å². The number of hydrogen-bond acceptors (Lipinski definition) is 4. The number of carbonyl (C=O) groups is 2. The molecule has 4 nitrogen and oxygen atoms in total. The average Bonchev–Trinajstić information content (AvgIpc) is 2.87. The number of rotatable bonds is 2. The summed E-state index contributed by atoms with van der Waals surface area (Å²) in [7, 11) is 0. The summed E-state index contributed by atoms with van der Waals surface area (Å²) in [6.45, 7) is 0. The second kappa shape index (κ2) is 4.57. The third kappa shape index (κ3) is 2.20. The van der Waals surface area contributed by atoms with E-state index in [0.717, 1.165) is 11.3 Å². The highest BCUT2D eigenvalue weighted by atomic mass is 16.3. The molecule has 0 saturated carbocycles. The number of carbonyl (C=O) groups excluding carboxylic acids is 2. The first-order valence-corrected chi connectivity index (χ1v) is 5.92. The van der Waals surface area contributed by atoms with Crippen LogP contribution in [0.1, 0.15) is 16.1 Å². The standard InChI is InChI=1S/C15H11NO3/c17-11-8-10-4-1-2-5-12(10)16-13(9-11)15(18)14-6-3-7-19-14/h1-7,9,16H,8H2. The summed E-state index contributed by atoms with van der Waals surface area (Å²) >= 11 is 0. The van der Waals surface area contributed by atoms with Gasteiger partial charge in [0, 0.05) is 18.2 Å². The van der Waals surface area contributed by atoms with Gasteiger partial charge < -0.3 is 9.73 Å². The number of furan rings is 1. The first-order chi connectivity index (χ1) is 9.24. The highest BCUT2D eigenvalue weighted by molar-refractivity contribution is 6.13. The molecule has 0 radical (unpaired) electrons. The highest BCUT2D eigenvalue weighted by Gasteiger charge is 2.20. The molecule has 1 aliphatic heterocycles. The van der Waals surface area contributed by atoms with Crippen molar-refractivity contribution in [3.8, 4) is 0 Å². The first-order valence-electron chi connectivity index (χ1n) is 5.92. The molecule has 2 aromatic rings. The lowest BCUT2D eigenvalue weighted by atomic mass is 10.1. The second-order valence-corrected chi connectivity index (χ2v) is 4.29. The fourth-order valence-electron chi connectivity index (χ4n) is 2.04. The monoisotopic (exact) mass is 253 g/mol. The molecule has 0 bridgehead atoms. The number of nitrogens with one attached hydrogen (secondary N) is 1. The molecule has 0 spiro atoms. The smallest absolute Gasteiger partial charge is 0.244 e. The normalized spacial score (nSPS) is 14.1. The fraction of sp³-hybridized carbons (Fsp3) is 0.0667. The van der Waals surface area contributed by atoms with Gasteiger partial charge in [-0.05, 0) is 23.8 Å². The number of ketones is 2. The second-order valence-electron chi connectivity index (χ2n) is 4.29. The van der Waals surface area contributed by atoms with E-state index in [1.165, 1.54) is 12.3 Å². The van der Waals surface area contributed by atoms with Crippen molar-refractivity contribution < 1.29 is 14.0 Å². The van der Waals surface area contributed by atoms with E-state index in [4.69, 9.17) is 4.42 Å². The van der Waals surface area contributed by atoms with Crippen molar-refractivity contribution in [3.05, 3.63) is 65.8 Å².